The zero-order valence-electron chi connectivity index (χ0n) is 10.9. The van der Waals surface area contributed by atoms with Gasteiger partial charge in [0.05, 0.1) is 0 Å². The fraction of sp³-hybridized carbons (Fsp3) is 0.538. The molecule has 2 N–H and O–H groups in total. The Bertz CT molecular complexity index is 425. The van der Waals surface area contributed by atoms with Crippen LogP contribution in [-0.2, 0) is 10.8 Å². The first-order valence-corrected chi connectivity index (χ1v) is 7.67. The number of rotatable bonds is 6. The molecule has 1 aromatic rings. The Labute approximate surface area is 110 Å². The van der Waals surface area contributed by atoms with Crippen LogP contribution in [0.5, 0.6) is 5.75 Å². The summed E-state index contributed by atoms with van der Waals surface area (Å²) in [5, 5.41) is 13.0. The first-order valence-electron chi connectivity index (χ1n) is 5.94. The van der Waals surface area contributed by atoms with E-state index in [1.807, 2.05) is 13.8 Å². The molecule has 1 aromatic carbocycles. The zero-order chi connectivity index (χ0) is 13.7. The van der Waals surface area contributed by atoms with Gasteiger partial charge in [-0.15, -0.1) is 0 Å². The Morgan fingerprint density at radius 3 is 2.67 bits per heavy atom. The Hall–Kier alpha value is -0.940. The van der Waals surface area contributed by atoms with E-state index in [2.05, 4.69) is 5.32 Å². The lowest BCUT2D eigenvalue weighted by Crippen LogP contribution is -2.30. The topological polar surface area (TPSA) is 49.3 Å². The average Bonchev–Trinajstić information content (AvgIpc) is 2.26. The van der Waals surface area contributed by atoms with Gasteiger partial charge in [0.2, 0.25) is 0 Å². The van der Waals surface area contributed by atoms with E-state index >= 15 is 0 Å². The van der Waals surface area contributed by atoms with Gasteiger partial charge in [0, 0.05) is 46.5 Å². The van der Waals surface area contributed by atoms with Gasteiger partial charge in [-0.2, -0.15) is 0 Å². The summed E-state index contributed by atoms with van der Waals surface area (Å²) in [4.78, 5) is 0. The highest BCUT2D eigenvalue weighted by atomic mass is 32.2. The van der Waals surface area contributed by atoms with Crippen molar-refractivity contribution in [3.63, 3.8) is 0 Å². The third-order valence-corrected chi connectivity index (χ3v) is 3.64. The van der Waals surface area contributed by atoms with E-state index in [4.69, 9.17) is 0 Å². The highest BCUT2D eigenvalue weighted by molar-refractivity contribution is 7.84. The number of phenolic OH excluding ortho intramolecular Hbond substituents is 1. The number of benzene rings is 1. The number of aromatic hydroxyl groups is 1. The molecule has 0 spiro atoms. The molecule has 0 aromatic heterocycles. The number of hydrogen-bond acceptors (Lipinski definition) is 3. The van der Waals surface area contributed by atoms with Crippen molar-refractivity contribution in [2.75, 3.05) is 12.0 Å². The largest absolute Gasteiger partial charge is 0.508 e. The van der Waals surface area contributed by atoms with E-state index < -0.39 is 16.6 Å². The van der Waals surface area contributed by atoms with E-state index in [0.717, 1.165) is 12.5 Å². The highest BCUT2D eigenvalue weighted by Crippen LogP contribution is 2.25. The van der Waals surface area contributed by atoms with Crippen LogP contribution in [0.3, 0.4) is 0 Å². The molecule has 0 aliphatic carbocycles. The Kier molecular flexibility index (Phi) is 5.75. The number of hydrogen-bond donors (Lipinski definition) is 2. The molecular formula is C13H20FNO2S. The number of nitrogens with one attached hydrogen (secondary N) is 1. The third kappa shape index (κ3) is 4.74. The maximum absolute atomic E-state index is 12.9. The molecule has 102 valence electrons. The lowest BCUT2D eigenvalue weighted by molar-refractivity contribution is 0.427. The van der Waals surface area contributed by atoms with Crippen LogP contribution in [0.1, 0.15) is 31.9 Å². The van der Waals surface area contributed by atoms with Crippen molar-refractivity contribution in [3.8, 4) is 5.75 Å². The van der Waals surface area contributed by atoms with Gasteiger partial charge in [-0.25, -0.2) is 4.39 Å². The second kappa shape index (κ2) is 6.85. The van der Waals surface area contributed by atoms with E-state index in [0.29, 0.717) is 11.3 Å². The van der Waals surface area contributed by atoms with Gasteiger partial charge in [0.15, 0.2) is 0 Å². The van der Waals surface area contributed by atoms with Crippen molar-refractivity contribution in [3.05, 3.63) is 29.6 Å². The van der Waals surface area contributed by atoms with Crippen molar-refractivity contribution in [2.24, 2.45) is 0 Å². The van der Waals surface area contributed by atoms with Crippen LogP contribution in [0, 0.1) is 5.82 Å². The van der Waals surface area contributed by atoms with Gasteiger partial charge in [-0.3, -0.25) is 4.21 Å². The van der Waals surface area contributed by atoms with Gasteiger partial charge in [-0.1, -0.05) is 6.07 Å². The first kappa shape index (κ1) is 15.1. The van der Waals surface area contributed by atoms with E-state index in [-0.39, 0.29) is 17.8 Å². The molecule has 3 nitrogen and oxygen atoms in total. The van der Waals surface area contributed by atoms with Crippen molar-refractivity contribution in [1.29, 1.82) is 0 Å². The van der Waals surface area contributed by atoms with Crippen LogP contribution in [0.25, 0.3) is 0 Å². The zero-order valence-corrected chi connectivity index (χ0v) is 11.8. The van der Waals surface area contributed by atoms with Crippen LogP contribution in [0.15, 0.2) is 18.2 Å². The molecular weight excluding hydrogens is 253 g/mol. The van der Waals surface area contributed by atoms with Gasteiger partial charge >= 0.3 is 0 Å². The Morgan fingerprint density at radius 2 is 2.11 bits per heavy atom. The summed E-state index contributed by atoms with van der Waals surface area (Å²) in [5.74, 6) is 0.162. The number of phenols is 1. The molecule has 3 atom stereocenters. The highest BCUT2D eigenvalue weighted by Gasteiger charge is 2.13. The maximum atomic E-state index is 12.9. The summed E-state index contributed by atoms with van der Waals surface area (Å²) in [6.07, 6.45) is 2.48. The second-order valence-electron chi connectivity index (χ2n) is 4.56. The molecule has 0 fully saturated rings. The lowest BCUT2D eigenvalue weighted by Gasteiger charge is -2.20. The summed E-state index contributed by atoms with van der Waals surface area (Å²) < 4.78 is 23.9. The Balaban J connectivity index is 2.59. The molecule has 0 saturated heterocycles. The van der Waals surface area contributed by atoms with Gasteiger partial charge in [-0.05, 0) is 26.3 Å². The average molecular weight is 273 g/mol. The SMILES string of the molecule is CC(CCS(C)=O)NC(C)c1ccc(F)cc1O. The molecule has 0 radical (unpaired) electrons. The molecule has 0 amide bonds. The quantitative estimate of drug-likeness (QED) is 0.836. The van der Waals surface area contributed by atoms with Crippen LogP contribution in [0.2, 0.25) is 0 Å². The van der Waals surface area contributed by atoms with Crippen molar-refractivity contribution in [2.45, 2.75) is 32.4 Å². The molecule has 0 saturated carbocycles. The molecule has 0 heterocycles. The van der Waals surface area contributed by atoms with Crippen molar-refractivity contribution >= 4 is 10.8 Å². The van der Waals surface area contributed by atoms with Crippen LogP contribution >= 0.6 is 0 Å². The van der Waals surface area contributed by atoms with Crippen LogP contribution in [-0.4, -0.2) is 27.4 Å². The molecule has 5 heteroatoms. The van der Waals surface area contributed by atoms with Gasteiger partial charge in [0.25, 0.3) is 0 Å². The predicted octanol–water partition coefficient (Wildman–Crippen LogP) is 2.34. The summed E-state index contributed by atoms with van der Waals surface area (Å²) in [7, 11) is -0.792. The predicted molar refractivity (Wildman–Crippen MR) is 72.6 cm³/mol. The minimum atomic E-state index is -0.792. The summed E-state index contributed by atoms with van der Waals surface area (Å²) in [5.41, 5.74) is 0.667. The van der Waals surface area contributed by atoms with Crippen molar-refractivity contribution < 1.29 is 13.7 Å². The fourth-order valence-corrected chi connectivity index (χ4v) is 2.51. The summed E-state index contributed by atoms with van der Waals surface area (Å²) >= 11 is 0. The number of halogens is 1. The van der Waals surface area contributed by atoms with Crippen molar-refractivity contribution in [1.82, 2.24) is 5.32 Å². The van der Waals surface area contributed by atoms with Crippen LogP contribution in [0.4, 0.5) is 4.39 Å². The van der Waals surface area contributed by atoms with E-state index in [9.17, 15) is 13.7 Å². The first-order chi connectivity index (χ1) is 8.40. The smallest absolute Gasteiger partial charge is 0.126 e. The normalized spacial score (nSPS) is 16.2. The second-order valence-corrected chi connectivity index (χ2v) is 6.11. The van der Waals surface area contributed by atoms with E-state index in [1.165, 1.54) is 6.07 Å². The monoisotopic (exact) mass is 273 g/mol. The molecule has 3 unspecified atom stereocenters. The molecule has 18 heavy (non-hydrogen) atoms. The molecule has 0 aliphatic rings. The minimum Gasteiger partial charge on any atom is -0.508 e. The lowest BCUT2D eigenvalue weighted by atomic mass is 10.1. The third-order valence-electron chi connectivity index (χ3n) is 2.83. The fourth-order valence-electron chi connectivity index (χ4n) is 1.83. The van der Waals surface area contributed by atoms with Crippen LogP contribution < -0.4 is 5.32 Å². The van der Waals surface area contributed by atoms with Gasteiger partial charge in [0.1, 0.15) is 11.6 Å². The summed E-state index contributed by atoms with van der Waals surface area (Å²) in [6, 6.07) is 4.13. The standard InChI is InChI=1S/C13H20FNO2S/c1-9(6-7-18(3)17)15-10(2)12-5-4-11(14)8-13(12)16/h4-5,8-10,15-16H,6-7H2,1-3H3. The van der Waals surface area contributed by atoms with E-state index in [1.54, 1.807) is 12.3 Å². The maximum Gasteiger partial charge on any atom is 0.126 e. The summed E-state index contributed by atoms with van der Waals surface area (Å²) in [6.45, 7) is 3.91. The van der Waals surface area contributed by atoms with Gasteiger partial charge < -0.3 is 10.4 Å². The molecule has 0 aliphatic heterocycles. The molecule has 1 rings (SSSR count). The minimum absolute atomic E-state index is 0.0405. The Morgan fingerprint density at radius 1 is 1.44 bits per heavy atom. The molecule has 0 bridgehead atoms.